The van der Waals surface area contributed by atoms with Crippen LogP contribution >= 0.6 is 11.3 Å². The van der Waals surface area contributed by atoms with Gasteiger partial charge in [-0.25, -0.2) is 4.98 Å². The van der Waals surface area contributed by atoms with Crippen molar-refractivity contribution in [1.29, 1.82) is 0 Å². The Morgan fingerprint density at radius 2 is 1.95 bits per heavy atom. The Morgan fingerprint density at radius 3 is 2.77 bits per heavy atom. The first-order chi connectivity index (χ1) is 10.9. The van der Waals surface area contributed by atoms with E-state index in [0.717, 1.165) is 24.6 Å². The second-order valence-electron chi connectivity index (χ2n) is 6.00. The minimum absolute atomic E-state index is 1.03. The molecule has 3 nitrogen and oxygen atoms in total. The lowest BCUT2D eigenvalue weighted by atomic mass is 10.1. The van der Waals surface area contributed by atoms with Crippen LogP contribution in [-0.2, 0) is 6.54 Å². The van der Waals surface area contributed by atoms with Crippen molar-refractivity contribution in [2.24, 2.45) is 0 Å². The first kappa shape index (κ1) is 14.0. The molecular formula is C18H21N3S. The smallest absolute Gasteiger partial charge is 0.140 e. The van der Waals surface area contributed by atoms with Gasteiger partial charge in [-0.3, -0.25) is 0 Å². The van der Waals surface area contributed by atoms with E-state index in [2.05, 4.69) is 51.4 Å². The lowest BCUT2D eigenvalue weighted by Gasteiger charge is -2.27. The number of rotatable bonds is 4. The Kier molecular flexibility index (Phi) is 3.95. The van der Waals surface area contributed by atoms with Gasteiger partial charge in [-0.05, 0) is 55.6 Å². The largest absolute Gasteiger partial charge is 0.331 e. The number of piperidine rings is 1. The SMILES string of the molecule is c1csc(-c2cc3cccn(CCN4CCCCC4)c-3n2)c1. The highest BCUT2D eigenvalue weighted by Crippen LogP contribution is 2.31. The predicted molar refractivity (Wildman–Crippen MR) is 92.5 cm³/mol. The van der Waals surface area contributed by atoms with Crippen molar-refractivity contribution in [3.05, 3.63) is 41.9 Å². The molecule has 0 aromatic carbocycles. The highest BCUT2D eigenvalue weighted by atomic mass is 32.1. The van der Waals surface area contributed by atoms with Gasteiger partial charge < -0.3 is 9.47 Å². The predicted octanol–water partition coefficient (Wildman–Crippen LogP) is 4.20. The molecule has 1 saturated heterocycles. The van der Waals surface area contributed by atoms with Crippen molar-refractivity contribution in [3.8, 4) is 22.0 Å². The van der Waals surface area contributed by atoms with E-state index in [9.17, 15) is 0 Å². The van der Waals surface area contributed by atoms with Crippen molar-refractivity contribution >= 4 is 11.3 Å². The summed E-state index contributed by atoms with van der Waals surface area (Å²) in [6.45, 7) is 4.67. The summed E-state index contributed by atoms with van der Waals surface area (Å²) < 4.78 is 2.31. The van der Waals surface area contributed by atoms with Gasteiger partial charge in [-0.15, -0.1) is 11.3 Å². The fourth-order valence-corrected chi connectivity index (χ4v) is 3.95. The van der Waals surface area contributed by atoms with E-state index in [1.807, 2.05) is 0 Å². The number of hydrogen-bond donors (Lipinski definition) is 0. The van der Waals surface area contributed by atoms with E-state index in [0.29, 0.717) is 0 Å². The molecule has 1 fully saturated rings. The highest BCUT2D eigenvalue weighted by molar-refractivity contribution is 7.13. The number of nitrogens with zero attached hydrogens (tertiary/aromatic N) is 3. The Balaban J connectivity index is 1.56. The van der Waals surface area contributed by atoms with Crippen LogP contribution in [-0.4, -0.2) is 34.1 Å². The molecule has 4 rings (SSSR count). The van der Waals surface area contributed by atoms with Gasteiger partial charge in [-0.2, -0.15) is 0 Å². The molecule has 114 valence electrons. The van der Waals surface area contributed by atoms with Gasteiger partial charge in [0.25, 0.3) is 0 Å². The standard InChI is InChI=1S/C18H21N3S/c1-2-8-20(9-3-1)11-12-21-10-4-6-15-14-16(19-18(15)21)17-7-5-13-22-17/h4-7,10,13-14H,1-3,8-9,11-12H2. The van der Waals surface area contributed by atoms with E-state index in [-0.39, 0.29) is 0 Å². The second kappa shape index (κ2) is 6.23. The molecule has 0 N–H and O–H groups in total. The van der Waals surface area contributed by atoms with Crippen molar-refractivity contribution in [2.75, 3.05) is 19.6 Å². The Hall–Kier alpha value is -1.65. The van der Waals surface area contributed by atoms with Crippen LogP contribution in [0.5, 0.6) is 0 Å². The molecule has 1 aromatic heterocycles. The third-order valence-electron chi connectivity index (χ3n) is 4.47. The van der Waals surface area contributed by atoms with Gasteiger partial charge in [0.1, 0.15) is 5.82 Å². The first-order valence-electron chi connectivity index (χ1n) is 8.12. The van der Waals surface area contributed by atoms with Crippen LogP contribution in [0.4, 0.5) is 0 Å². The number of hydrogen-bond acceptors (Lipinski definition) is 3. The van der Waals surface area contributed by atoms with Crippen LogP contribution in [0.3, 0.4) is 0 Å². The number of fused-ring (bicyclic) bond motifs is 1. The van der Waals surface area contributed by atoms with Gasteiger partial charge in [0.05, 0.1) is 10.6 Å². The van der Waals surface area contributed by atoms with Crippen LogP contribution in [0.15, 0.2) is 41.9 Å². The Labute approximate surface area is 135 Å². The number of likely N-dealkylation sites (tertiary alicyclic amines) is 1. The van der Waals surface area contributed by atoms with E-state index >= 15 is 0 Å². The van der Waals surface area contributed by atoms with Gasteiger partial charge in [0.15, 0.2) is 0 Å². The minimum atomic E-state index is 1.03. The zero-order valence-electron chi connectivity index (χ0n) is 12.7. The normalized spacial score (nSPS) is 16.4. The van der Waals surface area contributed by atoms with Crippen LogP contribution in [0.2, 0.25) is 0 Å². The summed E-state index contributed by atoms with van der Waals surface area (Å²) in [5.74, 6) is 1.11. The molecule has 1 aromatic rings. The molecule has 0 atom stereocenters. The van der Waals surface area contributed by atoms with E-state index in [1.165, 1.54) is 42.8 Å². The zero-order chi connectivity index (χ0) is 14.8. The molecule has 0 amide bonds. The zero-order valence-corrected chi connectivity index (χ0v) is 13.6. The summed E-state index contributed by atoms with van der Waals surface area (Å²) in [5.41, 5.74) is 2.34. The van der Waals surface area contributed by atoms with Crippen LogP contribution in [0.25, 0.3) is 22.0 Å². The van der Waals surface area contributed by atoms with Crippen LogP contribution in [0, 0.1) is 0 Å². The maximum Gasteiger partial charge on any atom is 0.140 e. The molecule has 4 heteroatoms. The molecule has 0 radical (unpaired) electrons. The highest BCUT2D eigenvalue weighted by Gasteiger charge is 2.15. The van der Waals surface area contributed by atoms with Gasteiger partial charge >= 0.3 is 0 Å². The summed E-state index contributed by atoms with van der Waals surface area (Å²) in [6.07, 6.45) is 6.27. The summed E-state index contributed by atoms with van der Waals surface area (Å²) >= 11 is 1.75. The molecule has 22 heavy (non-hydrogen) atoms. The van der Waals surface area contributed by atoms with Crippen molar-refractivity contribution in [3.63, 3.8) is 0 Å². The Morgan fingerprint density at radius 1 is 1.05 bits per heavy atom. The fraction of sp³-hybridized carbons (Fsp3) is 0.389. The number of thiophene rings is 1. The number of aromatic nitrogens is 2. The third-order valence-corrected chi connectivity index (χ3v) is 5.36. The first-order valence-corrected chi connectivity index (χ1v) is 9.00. The van der Waals surface area contributed by atoms with Crippen molar-refractivity contribution in [2.45, 2.75) is 25.8 Å². The molecule has 0 unspecified atom stereocenters. The van der Waals surface area contributed by atoms with Crippen molar-refractivity contribution < 1.29 is 0 Å². The molecular weight excluding hydrogens is 290 g/mol. The monoisotopic (exact) mass is 311 g/mol. The van der Waals surface area contributed by atoms with Crippen molar-refractivity contribution in [1.82, 2.24) is 14.5 Å². The van der Waals surface area contributed by atoms with Gasteiger partial charge in [0.2, 0.25) is 0 Å². The molecule has 0 spiro atoms. The summed E-state index contributed by atoms with van der Waals surface area (Å²) in [4.78, 5) is 8.70. The number of pyridine rings is 1. The third kappa shape index (κ3) is 2.81. The van der Waals surface area contributed by atoms with E-state index < -0.39 is 0 Å². The average Bonchev–Trinajstić information content (AvgIpc) is 3.22. The lowest BCUT2D eigenvalue weighted by molar-refractivity contribution is 0.221. The average molecular weight is 311 g/mol. The molecule has 0 aliphatic carbocycles. The van der Waals surface area contributed by atoms with Crippen LogP contribution in [0.1, 0.15) is 19.3 Å². The molecule has 0 saturated carbocycles. The second-order valence-corrected chi connectivity index (χ2v) is 6.95. The lowest BCUT2D eigenvalue weighted by Crippen LogP contribution is -2.32. The summed E-state index contributed by atoms with van der Waals surface area (Å²) in [5, 5.41) is 2.11. The van der Waals surface area contributed by atoms with E-state index in [1.54, 1.807) is 11.3 Å². The van der Waals surface area contributed by atoms with Gasteiger partial charge in [-0.1, -0.05) is 12.5 Å². The summed E-state index contributed by atoms with van der Waals surface area (Å²) in [6, 6.07) is 10.7. The quantitative estimate of drug-likeness (QED) is 0.720. The topological polar surface area (TPSA) is 21.1 Å². The fourth-order valence-electron chi connectivity index (χ4n) is 3.26. The summed E-state index contributed by atoms with van der Waals surface area (Å²) in [7, 11) is 0. The van der Waals surface area contributed by atoms with E-state index in [4.69, 9.17) is 4.98 Å². The van der Waals surface area contributed by atoms with Gasteiger partial charge in [0, 0.05) is 24.8 Å². The molecule has 3 aliphatic heterocycles. The molecule has 3 aliphatic rings. The minimum Gasteiger partial charge on any atom is -0.331 e. The molecule has 4 heterocycles. The Bertz CT molecular complexity index is 695. The van der Waals surface area contributed by atoms with Crippen LogP contribution < -0.4 is 0 Å². The maximum absolute atomic E-state index is 4.87. The maximum atomic E-state index is 4.87. The molecule has 0 bridgehead atoms.